The highest BCUT2D eigenvalue weighted by molar-refractivity contribution is 5.41. The van der Waals surface area contributed by atoms with Crippen molar-refractivity contribution in [3.63, 3.8) is 0 Å². The van der Waals surface area contributed by atoms with Gasteiger partial charge in [0.15, 0.2) is 5.69 Å². The first-order chi connectivity index (χ1) is 8.95. The number of anilines is 2. The fourth-order valence-corrected chi connectivity index (χ4v) is 1.49. The normalized spacial score (nSPS) is 15.5. The summed E-state index contributed by atoms with van der Waals surface area (Å²) in [5.74, 6) is 0.303. The number of nitrogens with zero attached hydrogens (tertiary/aromatic N) is 2. The second-order valence-electron chi connectivity index (χ2n) is 4.44. The molecule has 0 radical (unpaired) electrons. The minimum absolute atomic E-state index is 0.0508. The second-order valence-corrected chi connectivity index (χ2v) is 4.44. The molecule has 1 aromatic heterocycles. The summed E-state index contributed by atoms with van der Waals surface area (Å²) in [7, 11) is 0. The number of nitrogen functional groups attached to an aromatic ring is 1. The lowest BCUT2D eigenvalue weighted by Gasteiger charge is -2.10. The van der Waals surface area contributed by atoms with Gasteiger partial charge in [0, 0.05) is 19.2 Å². The average Bonchev–Trinajstić information content (AvgIpc) is 3.10. The van der Waals surface area contributed by atoms with E-state index >= 15 is 0 Å². The van der Waals surface area contributed by atoms with Crippen LogP contribution in [0.4, 0.5) is 24.9 Å². The van der Waals surface area contributed by atoms with E-state index < -0.39 is 17.8 Å². The van der Waals surface area contributed by atoms with Crippen LogP contribution in [0.25, 0.3) is 0 Å². The quantitative estimate of drug-likeness (QED) is 0.776. The average molecular weight is 276 g/mol. The van der Waals surface area contributed by atoms with Gasteiger partial charge in [-0.25, -0.2) is 4.98 Å². The molecule has 1 aromatic rings. The minimum atomic E-state index is -4.53. The molecule has 0 aliphatic heterocycles. The van der Waals surface area contributed by atoms with Gasteiger partial charge < -0.3 is 15.8 Å². The molecule has 5 nitrogen and oxygen atoms in total. The second kappa shape index (κ2) is 5.60. The summed E-state index contributed by atoms with van der Waals surface area (Å²) in [6, 6.07) is 0.831. The molecule has 1 aliphatic rings. The van der Waals surface area contributed by atoms with Gasteiger partial charge >= 0.3 is 6.18 Å². The number of nitrogens with one attached hydrogen (secondary N) is 1. The van der Waals surface area contributed by atoms with E-state index in [9.17, 15) is 13.2 Å². The number of hydrogen-bond donors (Lipinski definition) is 2. The van der Waals surface area contributed by atoms with Crippen molar-refractivity contribution in [3.8, 4) is 0 Å². The Morgan fingerprint density at radius 3 is 2.74 bits per heavy atom. The minimum Gasteiger partial charge on any atom is -0.379 e. The molecule has 19 heavy (non-hydrogen) atoms. The van der Waals surface area contributed by atoms with Gasteiger partial charge in [0.25, 0.3) is 0 Å². The molecular weight excluding hydrogens is 261 g/mol. The molecule has 3 N–H and O–H groups in total. The van der Waals surface area contributed by atoms with Crippen LogP contribution < -0.4 is 11.1 Å². The summed E-state index contributed by atoms with van der Waals surface area (Å²) in [6.45, 7) is 1.50. The van der Waals surface area contributed by atoms with Gasteiger partial charge in [0.1, 0.15) is 5.82 Å². The first-order valence-electron chi connectivity index (χ1n) is 5.98. The standard InChI is InChI=1S/C11H15F3N4O/c12-11(13,14)8-5-9(18-10(15)17-8)16-3-4-19-6-7-1-2-7/h5,7H,1-4,6H2,(H3,15,16,17,18). The van der Waals surface area contributed by atoms with Crippen LogP contribution in [-0.4, -0.2) is 29.7 Å². The summed E-state index contributed by atoms with van der Waals surface area (Å²) in [5, 5.41) is 2.74. The van der Waals surface area contributed by atoms with Gasteiger partial charge in [-0.1, -0.05) is 0 Å². The number of nitrogens with two attached hydrogens (primary N) is 1. The fraction of sp³-hybridized carbons (Fsp3) is 0.636. The Labute approximate surface area is 108 Å². The first-order valence-corrected chi connectivity index (χ1v) is 5.98. The SMILES string of the molecule is Nc1nc(NCCOCC2CC2)cc(C(F)(F)F)n1. The molecule has 0 bridgehead atoms. The Bertz CT molecular complexity index is 434. The van der Waals surface area contributed by atoms with E-state index in [-0.39, 0.29) is 5.82 Å². The Balaban J connectivity index is 1.83. The highest BCUT2D eigenvalue weighted by Crippen LogP contribution is 2.29. The number of rotatable bonds is 6. The van der Waals surface area contributed by atoms with Gasteiger partial charge in [-0.15, -0.1) is 0 Å². The third-order valence-corrected chi connectivity index (χ3v) is 2.64. The molecule has 1 saturated carbocycles. The molecule has 0 spiro atoms. The number of hydrogen-bond acceptors (Lipinski definition) is 5. The Kier molecular flexibility index (Phi) is 4.08. The van der Waals surface area contributed by atoms with E-state index in [0.29, 0.717) is 25.7 Å². The van der Waals surface area contributed by atoms with Crippen molar-refractivity contribution >= 4 is 11.8 Å². The third-order valence-electron chi connectivity index (χ3n) is 2.64. The zero-order valence-electron chi connectivity index (χ0n) is 10.2. The molecule has 8 heteroatoms. The predicted molar refractivity (Wildman–Crippen MR) is 63.5 cm³/mol. The van der Waals surface area contributed by atoms with Crippen molar-refractivity contribution in [3.05, 3.63) is 11.8 Å². The maximum atomic E-state index is 12.5. The molecule has 2 rings (SSSR count). The lowest BCUT2D eigenvalue weighted by molar-refractivity contribution is -0.141. The number of alkyl halides is 3. The van der Waals surface area contributed by atoms with Crippen molar-refractivity contribution in [1.29, 1.82) is 0 Å². The topological polar surface area (TPSA) is 73.1 Å². The molecule has 0 saturated heterocycles. The Morgan fingerprint density at radius 2 is 2.11 bits per heavy atom. The van der Waals surface area contributed by atoms with Gasteiger partial charge in [0.05, 0.1) is 6.61 Å². The van der Waals surface area contributed by atoms with E-state index in [1.807, 2.05) is 0 Å². The van der Waals surface area contributed by atoms with Gasteiger partial charge in [-0.3, -0.25) is 0 Å². The van der Waals surface area contributed by atoms with E-state index in [1.54, 1.807) is 0 Å². The molecule has 1 aliphatic carbocycles. The maximum Gasteiger partial charge on any atom is 0.433 e. The highest BCUT2D eigenvalue weighted by Gasteiger charge is 2.33. The van der Waals surface area contributed by atoms with E-state index in [1.165, 1.54) is 12.8 Å². The van der Waals surface area contributed by atoms with Crippen molar-refractivity contribution in [2.75, 3.05) is 30.8 Å². The highest BCUT2D eigenvalue weighted by atomic mass is 19.4. The molecule has 0 atom stereocenters. The largest absolute Gasteiger partial charge is 0.433 e. The summed E-state index contributed by atoms with van der Waals surface area (Å²) < 4.78 is 42.8. The Hall–Kier alpha value is -1.57. The van der Waals surface area contributed by atoms with Gasteiger partial charge in [-0.2, -0.15) is 18.2 Å². The van der Waals surface area contributed by atoms with Crippen LogP contribution in [0.5, 0.6) is 0 Å². The summed E-state index contributed by atoms with van der Waals surface area (Å²) in [4.78, 5) is 6.84. The molecule has 1 heterocycles. The molecule has 1 fully saturated rings. The Morgan fingerprint density at radius 1 is 1.37 bits per heavy atom. The lowest BCUT2D eigenvalue weighted by Crippen LogP contribution is -2.15. The molecule has 0 unspecified atom stereocenters. The zero-order chi connectivity index (χ0) is 13.9. The van der Waals surface area contributed by atoms with Gasteiger partial charge in [0.2, 0.25) is 5.95 Å². The molecular formula is C11H15F3N4O. The van der Waals surface area contributed by atoms with Crippen LogP contribution in [0.3, 0.4) is 0 Å². The summed E-state index contributed by atoms with van der Waals surface area (Å²) >= 11 is 0. The predicted octanol–water partition coefficient (Wildman–Crippen LogP) is 1.92. The number of ether oxygens (including phenoxy) is 1. The van der Waals surface area contributed by atoms with Crippen LogP contribution >= 0.6 is 0 Å². The maximum absolute atomic E-state index is 12.5. The monoisotopic (exact) mass is 276 g/mol. The van der Waals surface area contributed by atoms with Crippen molar-refractivity contribution in [2.45, 2.75) is 19.0 Å². The van der Waals surface area contributed by atoms with Crippen LogP contribution in [-0.2, 0) is 10.9 Å². The number of halogens is 3. The van der Waals surface area contributed by atoms with Crippen molar-refractivity contribution in [2.24, 2.45) is 5.92 Å². The van der Waals surface area contributed by atoms with E-state index in [0.717, 1.165) is 6.07 Å². The van der Waals surface area contributed by atoms with E-state index in [2.05, 4.69) is 15.3 Å². The summed E-state index contributed by atoms with van der Waals surface area (Å²) in [5.41, 5.74) is 4.19. The van der Waals surface area contributed by atoms with Crippen LogP contribution in [0.2, 0.25) is 0 Å². The third kappa shape index (κ3) is 4.55. The molecule has 0 aromatic carbocycles. The molecule has 106 valence electrons. The number of aromatic nitrogens is 2. The lowest BCUT2D eigenvalue weighted by atomic mass is 10.4. The molecule has 0 amide bonds. The zero-order valence-corrected chi connectivity index (χ0v) is 10.2. The fourth-order valence-electron chi connectivity index (χ4n) is 1.49. The van der Waals surface area contributed by atoms with Crippen LogP contribution in [0.1, 0.15) is 18.5 Å². The smallest absolute Gasteiger partial charge is 0.379 e. The van der Waals surface area contributed by atoms with E-state index in [4.69, 9.17) is 10.5 Å². The summed E-state index contributed by atoms with van der Waals surface area (Å²) in [6.07, 6.45) is -2.13. The van der Waals surface area contributed by atoms with Crippen LogP contribution in [0.15, 0.2) is 6.07 Å². The first kappa shape index (κ1) is 13.9. The van der Waals surface area contributed by atoms with Gasteiger partial charge in [-0.05, 0) is 18.8 Å². The van der Waals surface area contributed by atoms with Crippen molar-refractivity contribution in [1.82, 2.24) is 9.97 Å². The van der Waals surface area contributed by atoms with Crippen LogP contribution in [0, 0.1) is 5.92 Å². The van der Waals surface area contributed by atoms with Crippen molar-refractivity contribution < 1.29 is 17.9 Å².